The number of pyridine rings is 1. The Balaban J connectivity index is 1.49. The molecular formula is C21H29N3OS. The summed E-state index contributed by atoms with van der Waals surface area (Å²) in [6, 6.07) is 4.22. The van der Waals surface area contributed by atoms with E-state index in [1.54, 1.807) is 23.7 Å². The summed E-state index contributed by atoms with van der Waals surface area (Å²) in [5.74, 6) is 0.868. The Hall–Kier alpha value is -1.75. The highest BCUT2D eigenvalue weighted by Crippen LogP contribution is 2.40. The molecule has 4 nitrogen and oxygen atoms in total. The highest BCUT2D eigenvalue weighted by molar-refractivity contribution is 7.13. The van der Waals surface area contributed by atoms with Gasteiger partial charge in [-0.15, -0.1) is 11.3 Å². The van der Waals surface area contributed by atoms with Gasteiger partial charge in [-0.3, -0.25) is 9.78 Å². The van der Waals surface area contributed by atoms with E-state index < -0.39 is 0 Å². The van der Waals surface area contributed by atoms with Crippen molar-refractivity contribution < 1.29 is 4.79 Å². The van der Waals surface area contributed by atoms with Crippen molar-refractivity contribution in [3.05, 3.63) is 35.6 Å². The average molecular weight is 372 g/mol. The Kier molecular flexibility index (Phi) is 6.07. The molecule has 140 valence electrons. The van der Waals surface area contributed by atoms with E-state index in [1.165, 1.54) is 19.3 Å². The maximum Gasteiger partial charge on any atom is 0.226 e. The van der Waals surface area contributed by atoms with Crippen molar-refractivity contribution in [2.75, 3.05) is 0 Å². The van der Waals surface area contributed by atoms with Gasteiger partial charge in [0.15, 0.2) is 0 Å². The van der Waals surface area contributed by atoms with E-state index in [4.69, 9.17) is 0 Å². The SMILES string of the molecule is CCC(C)(C)C1CCC(NC(=O)Cc2csc(-c3cccnc3)n2)CC1. The molecule has 0 saturated heterocycles. The molecule has 1 aliphatic rings. The fraction of sp³-hybridized carbons (Fsp3) is 0.571. The molecule has 5 heteroatoms. The van der Waals surface area contributed by atoms with Crippen LogP contribution >= 0.6 is 11.3 Å². The lowest BCUT2D eigenvalue weighted by Gasteiger charge is -2.39. The molecule has 2 aromatic heterocycles. The number of aromatic nitrogens is 2. The van der Waals surface area contributed by atoms with E-state index in [0.29, 0.717) is 17.9 Å². The number of hydrogen-bond donors (Lipinski definition) is 1. The second-order valence-electron chi connectivity index (χ2n) is 8.02. The molecule has 0 unspecified atom stereocenters. The zero-order valence-corrected chi connectivity index (χ0v) is 16.8. The number of rotatable bonds is 6. The van der Waals surface area contributed by atoms with Crippen molar-refractivity contribution in [2.45, 2.75) is 65.3 Å². The number of carbonyl (C=O) groups is 1. The van der Waals surface area contributed by atoms with Crippen LogP contribution < -0.4 is 5.32 Å². The highest BCUT2D eigenvalue weighted by atomic mass is 32.1. The van der Waals surface area contributed by atoms with Crippen LogP contribution in [0.3, 0.4) is 0 Å². The first-order chi connectivity index (χ1) is 12.5. The van der Waals surface area contributed by atoms with E-state index in [9.17, 15) is 4.79 Å². The van der Waals surface area contributed by atoms with Gasteiger partial charge in [0.05, 0.1) is 12.1 Å². The molecule has 1 fully saturated rings. The molecule has 26 heavy (non-hydrogen) atoms. The quantitative estimate of drug-likeness (QED) is 0.789. The second kappa shape index (κ2) is 8.30. The number of nitrogens with zero attached hydrogens (tertiary/aromatic N) is 2. The number of thiazole rings is 1. The van der Waals surface area contributed by atoms with Crippen LogP contribution in [0, 0.1) is 11.3 Å². The largest absolute Gasteiger partial charge is 0.353 e. The van der Waals surface area contributed by atoms with Crippen LogP contribution in [0.2, 0.25) is 0 Å². The van der Waals surface area contributed by atoms with Gasteiger partial charge in [0.1, 0.15) is 5.01 Å². The summed E-state index contributed by atoms with van der Waals surface area (Å²) >= 11 is 1.57. The van der Waals surface area contributed by atoms with Gasteiger partial charge in [-0.25, -0.2) is 4.98 Å². The molecule has 3 rings (SSSR count). The minimum atomic E-state index is 0.0891. The zero-order chi connectivity index (χ0) is 18.6. The lowest BCUT2D eigenvalue weighted by molar-refractivity contribution is -0.121. The van der Waals surface area contributed by atoms with Crippen LogP contribution in [0.25, 0.3) is 10.6 Å². The molecular weight excluding hydrogens is 342 g/mol. The molecule has 0 bridgehead atoms. The third-order valence-electron chi connectivity index (χ3n) is 5.91. The van der Waals surface area contributed by atoms with Gasteiger partial charge >= 0.3 is 0 Å². The topological polar surface area (TPSA) is 54.9 Å². The van der Waals surface area contributed by atoms with Crippen LogP contribution in [0.15, 0.2) is 29.9 Å². The highest BCUT2D eigenvalue weighted by Gasteiger charge is 2.32. The third-order valence-corrected chi connectivity index (χ3v) is 6.85. The molecule has 1 saturated carbocycles. The first-order valence-electron chi connectivity index (χ1n) is 9.62. The summed E-state index contributed by atoms with van der Waals surface area (Å²) in [6.45, 7) is 7.03. The predicted molar refractivity (Wildman–Crippen MR) is 107 cm³/mol. The maximum absolute atomic E-state index is 12.4. The van der Waals surface area contributed by atoms with E-state index >= 15 is 0 Å². The Bertz CT molecular complexity index is 718. The van der Waals surface area contributed by atoms with Crippen LogP contribution in [0.5, 0.6) is 0 Å². The fourth-order valence-electron chi connectivity index (χ4n) is 3.76. The summed E-state index contributed by atoms with van der Waals surface area (Å²) in [5, 5.41) is 6.11. The fourth-order valence-corrected chi connectivity index (χ4v) is 4.57. The second-order valence-corrected chi connectivity index (χ2v) is 8.88. The molecule has 0 aromatic carbocycles. The lowest BCUT2D eigenvalue weighted by Crippen LogP contribution is -2.40. The summed E-state index contributed by atoms with van der Waals surface area (Å²) in [6.07, 6.45) is 9.76. The number of carbonyl (C=O) groups excluding carboxylic acids is 1. The molecule has 2 aromatic rings. The van der Waals surface area contributed by atoms with Crippen LogP contribution in [0.4, 0.5) is 0 Å². The molecule has 0 spiro atoms. The third kappa shape index (κ3) is 4.70. The maximum atomic E-state index is 12.4. The Morgan fingerprint density at radius 2 is 2.08 bits per heavy atom. The summed E-state index contributed by atoms with van der Waals surface area (Å²) in [5.41, 5.74) is 2.26. The smallest absolute Gasteiger partial charge is 0.226 e. The van der Waals surface area contributed by atoms with Crippen LogP contribution in [0.1, 0.15) is 58.6 Å². The molecule has 1 amide bonds. The normalized spacial score (nSPS) is 20.7. The van der Waals surface area contributed by atoms with Crippen molar-refractivity contribution in [3.8, 4) is 10.6 Å². The summed E-state index contributed by atoms with van der Waals surface area (Å²) < 4.78 is 0. The van der Waals surface area contributed by atoms with Crippen molar-refractivity contribution in [1.82, 2.24) is 15.3 Å². The number of amides is 1. The Morgan fingerprint density at radius 3 is 2.73 bits per heavy atom. The number of nitrogens with one attached hydrogen (secondary N) is 1. The molecule has 1 N–H and O–H groups in total. The van der Waals surface area contributed by atoms with Crippen molar-refractivity contribution in [1.29, 1.82) is 0 Å². The minimum Gasteiger partial charge on any atom is -0.353 e. The first-order valence-corrected chi connectivity index (χ1v) is 10.5. The monoisotopic (exact) mass is 371 g/mol. The number of hydrogen-bond acceptors (Lipinski definition) is 4. The van der Waals surface area contributed by atoms with Crippen molar-refractivity contribution in [2.24, 2.45) is 11.3 Å². The van der Waals surface area contributed by atoms with Gasteiger partial charge in [-0.2, -0.15) is 0 Å². The van der Waals surface area contributed by atoms with Gasteiger partial charge in [0.2, 0.25) is 5.91 Å². The van der Waals surface area contributed by atoms with Crippen LogP contribution in [-0.2, 0) is 11.2 Å². The average Bonchev–Trinajstić information content (AvgIpc) is 3.11. The summed E-state index contributed by atoms with van der Waals surface area (Å²) in [7, 11) is 0. The van der Waals surface area contributed by atoms with Gasteiger partial charge in [0.25, 0.3) is 0 Å². The van der Waals surface area contributed by atoms with Gasteiger partial charge in [-0.1, -0.05) is 27.2 Å². The molecule has 0 aliphatic heterocycles. The van der Waals surface area contributed by atoms with Gasteiger partial charge < -0.3 is 5.32 Å². The van der Waals surface area contributed by atoms with E-state index in [0.717, 1.165) is 35.0 Å². The standard InChI is InChI=1S/C21H29N3OS/c1-4-21(2,3)16-7-9-17(10-8-16)23-19(25)12-18-14-26-20(24-18)15-6-5-11-22-13-15/h5-6,11,13-14,16-17H,4,7-10,12H2,1-3H3,(H,23,25). The van der Waals surface area contributed by atoms with E-state index in [2.05, 4.69) is 36.1 Å². The molecule has 0 atom stereocenters. The first kappa shape index (κ1) is 19.0. The lowest BCUT2D eigenvalue weighted by atomic mass is 9.69. The molecule has 1 aliphatic carbocycles. The van der Waals surface area contributed by atoms with Gasteiger partial charge in [-0.05, 0) is 49.1 Å². The van der Waals surface area contributed by atoms with Gasteiger partial charge in [0, 0.05) is 29.4 Å². The van der Waals surface area contributed by atoms with Crippen molar-refractivity contribution in [3.63, 3.8) is 0 Å². The summed E-state index contributed by atoms with van der Waals surface area (Å²) in [4.78, 5) is 21.1. The Morgan fingerprint density at radius 1 is 1.31 bits per heavy atom. The van der Waals surface area contributed by atoms with Crippen molar-refractivity contribution >= 4 is 17.2 Å². The Labute approximate surface area is 160 Å². The zero-order valence-electron chi connectivity index (χ0n) is 16.0. The predicted octanol–water partition coefficient (Wildman–Crippen LogP) is 4.86. The van der Waals surface area contributed by atoms with Crippen LogP contribution in [-0.4, -0.2) is 21.9 Å². The van der Waals surface area contributed by atoms with E-state index in [1.807, 2.05) is 17.5 Å². The minimum absolute atomic E-state index is 0.0891. The molecule has 2 heterocycles. The van der Waals surface area contributed by atoms with E-state index in [-0.39, 0.29) is 5.91 Å². The molecule has 0 radical (unpaired) electrons.